The van der Waals surface area contributed by atoms with Gasteiger partial charge in [0, 0.05) is 24.3 Å². The third-order valence-electron chi connectivity index (χ3n) is 5.20. The number of nitrogens with zero attached hydrogens (tertiary/aromatic N) is 3. The number of hydrogen-bond donors (Lipinski definition) is 4. The van der Waals surface area contributed by atoms with Crippen LogP contribution in [-0.4, -0.2) is 65.1 Å². The topological polar surface area (TPSA) is 152 Å². The van der Waals surface area contributed by atoms with Gasteiger partial charge in [0.1, 0.15) is 11.1 Å². The largest absolute Gasteiger partial charge is 0.453 e. The molecule has 0 atom stereocenters. The SMILES string of the molecule is COC(=O)N(CC(=O)NCCc1cccc(Nc2nc(NCC(C)C)c(Br)nc2C(N)=O)c1)C(C)(C)C. The number of nitrogens with two attached hydrogens (primary N) is 1. The van der Waals surface area contributed by atoms with Crippen LogP contribution >= 0.6 is 15.9 Å². The van der Waals surface area contributed by atoms with Gasteiger partial charge in [-0.25, -0.2) is 14.8 Å². The lowest BCUT2D eigenvalue weighted by Gasteiger charge is -2.33. The summed E-state index contributed by atoms with van der Waals surface area (Å²) in [5.74, 6) is 0.123. The third kappa shape index (κ3) is 9.19. The summed E-state index contributed by atoms with van der Waals surface area (Å²) >= 11 is 3.34. The van der Waals surface area contributed by atoms with E-state index in [1.165, 1.54) is 12.0 Å². The molecule has 1 aromatic carbocycles. The minimum atomic E-state index is -0.707. The van der Waals surface area contributed by atoms with Crippen LogP contribution in [0.25, 0.3) is 0 Å². The molecule has 0 bridgehead atoms. The number of methoxy groups -OCH3 is 1. The van der Waals surface area contributed by atoms with Crippen molar-refractivity contribution >= 4 is 51.2 Å². The Hall–Kier alpha value is -3.41. The van der Waals surface area contributed by atoms with E-state index in [1.54, 1.807) is 0 Å². The number of benzene rings is 1. The van der Waals surface area contributed by atoms with Gasteiger partial charge in [-0.2, -0.15) is 0 Å². The van der Waals surface area contributed by atoms with E-state index in [4.69, 9.17) is 10.5 Å². The van der Waals surface area contributed by atoms with Crippen molar-refractivity contribution in [2.45, 2.75) is 46.6 Å². The molecule has 0 saturated heterocycles. The summed E-state index contributed by atoms with van der Waals surface area (Å²) in [6.07, 6.45) is -0.0133. The van der Waals surface area contributed by atoms with Gasteiger partial charge in [-0.1, -0.05) is 26.0 Å². The molecule has 37 heavy (non-hydrogen) atoms. The smallest absolute Gasteiger partial charge is 0.410 e. The average molecular weight is 579 g/mol. The van der Waals surface area contributed by atoms with E-state index in [-0.39, 0.29) is 24.0 Å². The van der Waals surface area contributed by atoms with Gasteiger partial charge in [0.2, 0.25) is 5.91 Å². The summed E-state index contributed by atoms with van der Waals surface area (Å²) in [6.45, 7) is 10.6. The normalized spacial score (nSPS) is 11.1. The molecule has 3 amide bonds. The fraction of sp³-hybridized carbons (Fsp3) is 0.480. The zero-order valence-electron chi connectivity index (χ0n) is 22.1. The van der Waals surface area contributed by atoms with Gasteiger partial charge >= 0.3 is 6.09 Å². The van der Waals surface area contributed by atoms with Crippen LogP contribution in [0.3, 0.4) is 0 Å². The second-order valence-corrected chi connectivity index (χ2v) is 10.6. The highest BCUT2D eigenvalue weighted by Gasteiger charge is 2.29. The standard InChI is InChI=1S/C25H36BrN7O4/c1-15(2)13-29-23-20(26)31-19(21(27)35)22(32-23)30-17-9-7-8-16(12-17)10-11-28-18(34)14-33(24(36)37-6)25(3,4)5/h7-9,12,15H,10-11,13-14H2,1-6H3,(H2,27,35)(H,28,34)(H2,29,30,32). The minimum absolute atomic E-state index is 0.00801. The second-order valence-electron chi connectivity index (χ2n) is 9.85. The summed E-state index contributed by atoms with van der Waals surface area (Å²) in [7, 11) is 1.29. The van der Waals surface area contributed by atoms with E-state index >= 15 is 0 Å². The van der Waals surface area contributed by atoms with Crippen molar-refractivity contribution in [2.75, 3.05) is 37.4 Å². The minimum Gasteiger partial charge on any atom is -0.453 e. The van der Waals surface area contributed by atoms with Gasteiger partial charge in [-0.05, 0) is 66.7 Å². The molecule has 1 aromatic heterocycles. The molecule has 0 aliphatic carbocycles. The molecule has 12 heteroatoms. The predicted molar refractivity (Wildman–Crippen MR) is 147 cm³/mol. The molecule has 0 fully saturated rings. The maximum absolute atomic E-state index is 12.4. The molecule has 5 N–H and O–H groups in total. The van der Waals surface area contributed by atoms with Crippen LogP contribution in [0.2, 0.25) is 0 Å². The Morgan fingerprint density at radius 3 is 2.46 bits per heavy atom. The Morgan fingerprint density at radius 2 is 1.86 bits per heavy atom. The molecular weight excluding hydrogens is 542 g/mol. The van der Waals surface area contributed by atoms with Crippen LogP contribution < -0.4 is 21.7 Å². The molecule has 202 valence electrons. The molecule has 0 spiro atoms. The van der Waals surface area contributed by atoms with E-state index < -0.39 is 17.5 Å². The van der Waals surface area contributed by atoms with Crippen LogP contribution in [0.5, 0.6) is 0 Å². The zero-order valence-corrected chi connectivity index (χ0v) is 23.7. The molecule has 2 aromatic rings. The molecule has 1 heterocycles. The number of carbonyl (C=O) groups excluding carboxylic acids is 3. The molecular formula is C25H36BrN7O4. The number of halogens is 1. The fourth-order valence-electron chi connectivity index (χ4n) is 3.26. The van der Waals surface area contributed by atoms with E-state index in [0.717, 1.165) is 5.56 Å². The second kappa shape index (κ2) is 13.2. The highest BCUT2D eigenvalue weighted by molar-refractivity contribution is 9.10. The maximum atomic E-state index is 12.4. The number of amides is 3. The van der Waals surface area contributed by atoms with Crippen LogP contribution in [0, 0.1) is 5.92 Å². The number of anilines is 3. The van der Waals surface area contributed by atoms with Gasteiger partial charge in [-0.3, -0.25) is 14.5 Å². The van der Waals surface area contributed by atoms with Gasteiger partial charge in [0.15, 0.2) is 17.3 Å². The number of carbonyl (C=O) groups is 3. The number of aromatic nitrogens is 2. The van der Waals surface area contributed by atoms with Crippen molar-refractivity contribution in [2.24, 2.45) is 11.7 Å². The van der Waals surface area contributed by atoms with Crippen molar-refractivity contribution in [1.29, 1.82) is 0 Å². The summed E-state index contributed by atoms with van der Waals surface area (Å²) in [5, 5.41) is 9.17. The highest BCUT2D eigenvalue weighted by atomic mass is 79.9. The monoisotopic (exact) mass is 577 g/mol. The first-order chi connectivity index (χ1) is 17.3. The molecule has 0 saturated carbocycles. The summed E-state index contributed by atoms with van der Waals surface area (Å²) in [4.78, 5) is 46.6. The van der Waals surface area contributed by atoms with Crippen LogP contribution in [0.1, 0.15) is 50.7 Å². The van der Waals surface area contributed by atoms with E-state index in [1.807, 2.05) is 45.0 Å². The predicted octanol–water partition coefficient (Wildman–Crippen LogP) is 3.68. The third-order valence-corrected chi connectivity index (χ3v) is 5.75. The van der Waals surface area contributed by atoms with Crippen LogP contribution in [0.4, 0.5) is 22.1 Å². The number of nitrogens with one attached hydrogen (secondary N) is 3. The Labute approximate surface area is 226 Å². The van der Waals surface area contributed by atoms with Crippen molar-refractivity contribution < 1.29 is 19.1 Å². The molecule has 11 nitrogen and oxygen atoms in total. The van der Waals surface area contributed by atoms with Gasteiger partial charge in [0.05, 0.1) is 7.11 Å². The molecule has 0 radical (unpaired) electrons. The highest BCUT2D eigenvalue weighted by Crippen LogP contribution is 2.26. The number of primary amides is 1. The number of ether oxygens (including phenoxy) is 1. The van der Waals surface area contributed by atoms with Crippen molar-refractivity contribution in [3.8, 4) is 0 Å². The van der Waals surface area contributed by atoms with Crippen molar-refractivity contribution in [3.05, 3.63) is 40.1 Å². The van der Waals surface area contributed by atoms with E-state index in [2.05, 4.69) is 55.7 Å². The Morgan fingerprint density at radius 1 is 1.16 bits per heavy atom. The Bertz CT molecular complexity index is 1120. The quantitative estimate of drug-likeness (QED) is 0.315. The van der Waals surface area contributed by atoms with Gasteiger partial charge < -0.3 is 26.4 Å². The molecule has 0 aliphatic heterocycles. The first-order valence-corrected chi connectivity index (χ1v) is 12.7. The fourth-order valence-corrected chi connectivity index (χ4v) is 3.67. The van der Waals surface area contributed by atoms with E-state index in [9.17, 15) is 14.4 Å². The van der Waals surface area contributed by atoms with Crippen LogP contribution in [-0.2, 0) is 16.0 Å². The average Bonchev–Trinajstić information content (AvgIpc) is 2.81. The number of hydrogen-bond acceptors (Lipinski definition) is 8. The lowest BCUT2D eigenvalue weighted by Crippen LogP contribution is -2.50. The summed E-state index contributed by atoms with van der Waals surface area (Å²) < 4.78 is 5.19. The summed E-state index contributed by atoms with van der Waals surface area (Å²) in [5.41, 5.74) is 6.60. The first-order valence-electron chi connectivity index (χ1n) is 11.9. The maximum Gasteiger partial charge on any atom is 0.410 e. The molecule has 0 unspecified atom stereocenters. The van der Waals surface area contributed by atoms with Crippen molar-refractivity contribution in [1.82, 2.24) is 20.2 Å². The Kier molecular flexibility index (Phi) is 10.7. The Balaban J connectivity index is 2.08. The van der Waals surface area contributed by atoms with Crippen molar-refractivity contribution in [3.63, 3.8) is 0 Å². The number of rotatable bonds is 11. The first kappa shape index (κ1) is 29.8. The molecule has 2 rings (SSSR count). The zero-order chi connectivity index (χ0) is 27.8. The summed E-state index contributed by atoms with van der Waals surface area (Å²) in [6, 6.07) is 7.49. The van der Waals surface area contributed by atoms with Gasteiger partial charge in [0.25, 0.3) is 5.91 Å². The molecule has 0 aliphatic rings. The lowest BCUT2D eigenvalue weighted by atomic mass is 10.1. The lowest BCUT2D eigenvalue weighted by molar-refractivity contribution is -0.123. The van der Waals surface area contributed by atoms with Gasteiger partial charge in [-0.15, -0.1) is 0 Å². The van der Waals surface area contributed by atoms with E-state index in [0.29, 0.717) is 41.5 Å². The van der Waals surface area contributed by atoms with Crippen LogP contribution in [0.15, 0.2) is 28.9 Å².